The molecule has 0 bridgehead atoms. The van der Waals surface area contributed by atoms with Gasteiger partial charge in [-0.05, 0) is 73.8 Å². The van der Waals surface area contributed by atoms with Crippen LogP contribution < -0.4 is 16.0 Å². The van der Waals surface area contributed by atoms with E-state index < -0.39 is 11.0 Å². The van der Waals surface area contributed by atoms with E-state index in [-0.39, 0.29) is 23.0 Å². The fourth-order valence-corrected chi connectivity index (χ4v) is 3.16. The lowest BCUT2D eigenvalue weighted by Gasteiger charge is -2.34. The molecular weight excluding hydrogens is 418 g/mol. The first-order valence-electron chi connectivity index (χ1n) is 12.5. The van der Waals surface area contributed by atoms with Gasteiger partial charge in [0.25, 0.3) is 0 Å². The first-order chi connectivity index (χ1) is 14.9. The Bertz CT molecular complexity index is 598. The van der Waals surface area contributed by atoms with Gasteiger partial charge in [0, 0.05) is 43.7 Å². The molecule has 0 aromatic heterocycles. The maximum absolute atomic E-state index is 13.0. The maximum atomic E-state index is 13.0. The lowest BCUT2D eigenvalue weighted by atomic mass is 9.86. The number of hydrogen-bond acceptors (Lipinski definition) is 5. The predicted octanol–water partition coefficient (Wildman–Crippen LogP) is 4.19. The van der Waals surface area contributed by atoms with Crippen LogP contribution in [0, 0.1) is 5.41 Å². The van der Waals surface area contributed by atoms with E-state index in [9.17, 15) is 9.59 Å². The van der Waals surface area contributed by atoms with Crippen LogP contribution in [0.3, 0.4) is 0 Å². The van der Waals surface area contributed by atoms with E-state index in [0.29, 0.717) is 44.9 Å². The summed E-state index contributed by atoms with van der Waals surface area (Å²) in [6.07, 6.45) is 3.34. The van der Waals surface area contributed by atoms with Crippen molar-refractivity contribution in [3.63, 3.8) is 0 Å². The van der Waals surface area contributed by atoms with Crippen LogP contribution in [0.25, 0.3) is 0 Å². The average molecular weight is 472 g/mol. The van der Waals surface area contributed by atoms with Gasteiger partial charge in [0.05, 0.1) is 11.2 Å². The predicted molar refractivity (Wildman–Crippen MR) is 136 cm³/mol. The van der Waals surface area contributed by atoms with E-state index in [4.69, 9.17) is 9.47 Å². The molecule has 0 fully saturated rings. The Morgan fingerprint density at radius 1 is 0.788 bits per heavy atom. The maximum Gasteiger partial charge on any atom is 0.226 e. The Balaban J connectivity index is 4.50. The highest BCUT2D eigenvalue weighted by Crippen LogP contribution is 2.25. The molecule has 0 aliphatic rings. The minimum atomic E-state index is -0.531. The fourth-order valence-electron chi connectivity index (χ4n) is 3.16. The Labute approximate surface area is 203 Å². The molecule has 0 unspecified atom stereocenters. The molecular formula is C26H53N3O4. The highest BCUT2D eigenvalue weighted by atomic mass is 16.5. The lowest BCUT2D eigenvalue weighted by molar-refractivity contribution is -0.133. The summed E-state index contributed by atoms with van der Waals surface area (Å²) in [6.45, 7) is 22.4. The van der Waals surface area contributed by atoms with Crippen LogP contribution >= 0.6 is 0 Å². The largest absolute Gasteiger partial charge is 0.375 e. The zero-order chi connectivity index (χ0) is 25.9. The summed E-state index contributed by atoms with van der Waals surface area (Å²) >= 11 is 0. The van der Waals surface area contributed by atoms with Gasteiger partial charge in [-0.15, -0.1) is 0 Å². The lowest BCUT2D eigenvalue weighted by Crippen LogP contribution is -2.50. The van der Waals surface area contributed by atoms with Gasteiger partial charge in [0.15, 0.2) is 0 Å². The molecule has 196 valence electrons. The molecule has 33 heavy (non-hydrogen) atoms. The van der Waals surface area contributed by atoms with E-state index >= 15 is 0 Å². The van der Waals surface area contributed by atoms with Crippen molar-refractivity contribution in [2.24, 2.45) is 5.41 Å². The molecule has 0 saturated carbocycles. The third-order valence-corrected chi connectivity index (χ3v) is 6.02. The highest BCUT2D eigenvalue weighted by Gasteiger charge is 2.33. The van der Waals surface area contributed by atoms with Crippen LogP contribution in [-0.2, 0) is 19.1 Å². The molecule has 7 nitrogen and oxygen atoms in total. The van der Waals surface area contributed by atoms with E-state index in [1.807, 2.05) is 41.5 Å². The zero-order valence-electron chi connectivity index (χ0n) is 23.4. The third-order valence-electron chi connectivity index (χ3n) is 6.02. The molecule has 0 aliphatic carbocycles. The van der Waals surface area contributed by atoms with Crippen molar-refractivity contribution >= 4 is 11.8 Å². The Morgan fingerprint density at radius 3 is 1.82 bits per heavy atom. The molecule has 2 amide bonds. The molecule has 0 aromatic carbocycles. The van der Waals surface area contributed by atoms with E-state index in [1.165, 1.54) is 0 Å². The number of nitrogens with one attached hydrogen (secondary N) is 3. The van der Waals surface area contributed by atoms with Crippen molar-refractivity contribution in [3.8, 4) is 0 Å². The molecule has 0 rings (SSSR count). The number of hydrogen-bond donors (Lipinski definition) is 3. The summed E-state index contributed by atoms with van der Waals surface area (Å²) in [6, 6.07) is 0.464. The topological polar surface area (TPSA) is 88.7 Å². The minimum Gasteiger partial charge on any atom is -0.375 e. The zero-order valence-corrected chi connectivity index (χ0v) is 23.4. The third kappa shape index (κ3) is 15.4. The van der Waals surface area contributed by atoms with E-state index in [0.717, 1.165) is 13.0 Å². The summed E-state index contributed by atoms with van der Waals surface area (Å²) in [4.78, 5) is 24.5. The van der Waals surface area contributed by atoms with Crippen molar-refractivity contribution < 1.29 is 19.1 Å². The number of ether oxygens (including phenoxy) is 2. The first kappa shape index (κ1) is 31.8. The van der Waals surface area contributed by atoms with Crippen LogP contribution in [-0.4, -0.2) is 61.4 Å². The van der Waals surface area contributed by atoms with Crippen LogP contribution in [0.15, 0.2) is 0 Å². The molecule has 3 N–H and O–H groups in total. The van der Waals surface area contributed by atoms with Gasteiger partial charge in [-0.25, -0.2) is 0 Å². The Hall–Kier alpha value is -1.18. The second-order valence-electron chi connectivity index (χ2n) is 12.0. The molecule has 0 heterocycles. The number of rotatable bonds is 17. The van der Waals surface area contributed by atoms with Crippen molar-refractivity contribution in [1.29, 1.82) is 0 Å². The van der Waals surface area contributed by atoms with Crippen LogP contribution in [0.1, 0.15) is 101 Å². The van der Waals surface area contributed by atoms with Crippen molar-refractivity contribution in [2.75, 3.05) is 26.8 Å². The van der Waals surface area contributed by atoms with Crippen LogP contribution in [0.2, 0.25) is 0 Å². The Kier molecular flexibility index (Phi) is 13.2. The molecule has 0 saturated heterocycles. The number of amides is 2. The summed E-state index contributed by atoms with van der Waals surface area (Å²) < 4.78 is 12.1. The number of carbonyl (C=O) groups excluding carboxylic acids is 2. The monoisotopic (exact) mass is 471 g/mol. The summed E-state index contributed by atoms with van der Waals surface area (Å²) in [5, 5.41) is 9.24. The van der Waals surface area contributed by atoms with E-state index in [1.54, 1.807) is 7.05 Å². The van der Waals surface area contributed by atoms with Gasteiger partial charge in [-0.1, -0.05) is 27.7 Å². The van der Waals surface area contributed by atoms with Crippen LogP contribution in [0.5, 0.6) is 0 Å². The molecule has 0 aliphatic heterocycles. The van der Waals surface area contributed by atoms with Crippen LogP contribution in [0.4, 0.5) is 0 Å². The normalized spacial score (nSPS) is 13.3. The molecule has 0 atom stereocenters. The smallest absolute Gasteiger partial charge is 0.226 e. The Morgan fingerprint density at radius 2 is 1.30 bits per heavy atom. The minimum absolute atomic E-state index is 0.0149. The molecule has 0 spiro atoms. The van der Waals surface area contributed by atoms with Crippen molar-refractivity contribution in [1.82, 2.24) is 16.0 Å². The van der Waals surface area contributed by atoms with Gasteiger partial charge >= 0.3 is 0 Å². The SMILES string of the molecule is CNC(=O)CCC(C)(C)OCCC(C)(C)NC(=O)C(C)(C)CCOC(C)(C)CCNC(C)C. The standard InChI is InChI=1S/C26H53N3O4/c1-20(2)28-17-14-26(9,10)32-18-15-23(3,4)22(31)29-24(5,6)16-19-33-25(7,8)13-12-21(30)27-11/h20,28H,12-19H2,1-11H3,(H,27,30)(H,29,31). The van der Waals surface area contributed by atoms with Gasteiger partial charge in [-0.3, -0.25) is 9.59 Å². The average Bonchev–Trinajstić information content (AvgIpc) is 2.64. The second-order valence-corrected chi connectivity index (χ2v) is 12.0. The van der Waals surface area contributed by atoms with Crippen molar-refractivity contribution in [2.45, 2.75) is 124 Å². The number of carbonyl (C=O) groups is 2. The van der Waals surface area contributed by atoms with Crippen molar-refractivity contribution in [3.05, 3.63) is 0 Å². The highest BCUT2D eigenvalue weighted by molar-refractivity contribution is 5.82. The van der Waals surface area contributed by atoms with Gasteiger partial charge in [-0.2, -0.15) is 0 Å². The quantitative estimate of drug-likeness (QED) is 0.296. The van der Waals surface area contributed by atoms with Gasteiger partial charge in [0.2, 0.25) is 11.8 Å². The fraction of sp³-hybridized carbons (Fsp3) is 0.923. The summed E-state index contributed by atoms with van der Waals surface area (Å²) in [5.74, 6) is 0.0374. The summed E-state index contributed by atoms with van der Waals surface area (Å²) in [5.41, 5.74) is -1.54. The van der Waals surface area contributed by atoms with E-state index in [2.05, 4.69) is 43.6 Å². The second kappa shape index (κ2) is 13.6. The molecule has 0 aromatic rings. The van der Waals surface area contributed by atoms with Gasteiger partial charge in [0.1, 0.15) is 0 Å². The molecule has 7 heteroatoms. The molecule has 0 radical (unpaired) electrons. The van der Waals surface area contributed by atoms with Gasteiger partial charge < -0.3 is 25.4 Å². The summed E-state index contributed by atoms with van der Waals surface area (Å²) in [7, 11) is 1.64. The first-order valence-corrected chi connectivity index (χ1v) is 12.5.